The summed E-state index contributed by atoms with van der Waals surface area (Å²) in [6.45, 7) is 6.34. The Hall–Kier alpha value is -1.07. The van der Waals surface area contributed by atoms with E-state index in [0.717, 1.165) is 0 Å². The minimum Gasteiger partial charge on any atom is -0.349 e. The third-order valence-electron chi connectivity index (χ3n) is 2.26. The number of aryl methyl sites for hydroxylation is 2. The highest BCUT2D eigenvalue weighted by Crippen LogP contribution is 2.25. The Morgan fingerprint density at radius 2 is 2.20 bits per heavy atom. The Kier molecular flexibility index (Phi) is 4.11. The fourth-order valence-electron chi connectivity index (χ4n) is 1.53. The molecule has 0 saturated carbocycles. The van der Waals surface area contributed by atoms with Crippen LogP contribution in [0.15, 0.2) is 11.1 Å². The van der Waals surface area contributed by atoms with Crippen LogP contribution in [0.25, 0.3) is 0 Å². The standard InChI is InChI=1S/C10H18N4S/c1-6-5-9(8(3)15-6)7(2)13-10(12-4)14-11/h5,7H,11H2,1-4H3,(H2,12,13,14). The van der Waals surface area contributed by atoms with E-state index in [1.807, 2.05) is 11.3 Å². The number of guanidine groups is 1. The zero-order valence-corrected chi connectivity index (χ0v) is 10.4. The van der Waals surface area contributed by atoms with Gasteiger partial charge in [0.05, 0.1) is 6.04 Å². The van der Waals surface area contributed by atoms with Crippen LogP contribution in [0.5, 0.6) is 0 Å². The molecule has 0 saturated heterocycles. The molecule has 0 aliphatic carbocycles. The van der Waals surface area contributed by atoms with Crippen molar-refractivity contribution < 1.29 is 0 Å². The van der Waals surface area contributed by atoms with Crippen molar-refractivity contribution >= 4 is 17.3 Å². The largest absolute Gasteiger partial charge is 0.349 e. The lowest BCUT2D eigenvalue weighted by atomic mass is 10.1. The fraction of sp³-hybridized carbons (Fsp3) is 0.500. The van der Waals surface area contributed by atoms with E-state index in [1.54, 1.807) is 7.05 Å². The van der Waals surface area contributed by atoms with E-state index >= 15 is 0 Å². The maximum atomic E-state index is 5.31. The summed E-state index contributed by atoms with van der Waals surface area (Å²) in [4.78, 5) is 6.64. The zero-order chi connectivity index (χ0) is 11.4. The molecule has 0 amide bonds. The number of nitrogens with zero attached hydrogens (tertiary/aromatic N) is 1. The summed E-state index contributed by atoms with van der Waals surface area (Å²) in [7, 11) is 1.70. The van der Waals surface area contributed by atoms with Gasteiger partial charge in [-0.2, -0.15) is 0 Å². The molecule has 1 unspecified atom stereocenters. The number of aliphatic imine (C=N–C) groups is 1. The molecule has 1 atom stereocenters. The van der Waals surface area contributed by atoms with E-state index < -0.39 is 0 Å². The number of nitrogens with one attached hydrogen (secondary N) is 2. The topological polar surface area (TPSA) is 62.4 Å². The molecule has 1 heterocycles. The van der Waals surface area contributed by atoms with Crippen LogP contribution in [0.1, 0.15) is 28.3 Å². The van der Waals surface area contributed by atoms with Crippen molar-refractivity contribution in [3.63, 3.8) is 0 Å². The first-order chi connectivity index (χ1) is 7.08. The molecule has 84 valence electrons. The van der Waals surface area contributed by atoms with Gasteiger partial charge in [-0.1, -0.05) is 0 Å². The molecule has 1 rings (SSSR count). The van der Waals surface area contributed by atoms with Crippen molar-refractivity contribution in [2.24, 2.45) is 10.8 Å². The zero-order valence-electron chi connectivity index (χ0n) is 9.59. The van der Waals surface area contributed by atoms with Crippen molar-refractivity contribution in [2.45, 2.75) is 26.8 Å². The van der Waals surface area contributed by atoms with Gasteiger partial charge in [0.2, 0.25) is 5.96 Å². The van der Waals surface area contributed by atoms with Crippen LogP contribution in [-0.4, -0.2) is 13.0 Å². The number of nitrogens with two attached hydrogens (primary N) is 1. The maximum Gasteiger partial charge on any atom is 0.205 e. The summed E-state index contributed by atoms with van der Waals surface area (Å²) in [6, 6.07) is 2.41. The van der Waals surface area contributed by atoms with Crippen LogP contribution in [0.4, 0.5) is 0 Å². The van der Waals surface area contributed by atoms with Crippen molar-refractivity contribution in [1.29, 1.82) is 0 Å². The van der Waals surface area contributed by atoms with Crippen molar-refractivity contribution in [3.05, 3.63) is 21.4 Å². The predicted octanol–water partition coefficient (Wildman–Crippen LogP) is 1.46. The summed E-state index contributed by atoms with van der Waals surface area (Å²) in [5, 5.41) is 3.21. The van der Waals surface area contributed by atoms with E-state index in [0.29, 0.717) is 5.96 Å². The summed E-state index contributed by atoms with van der Waals surface area (Å²) in [5.74, 6) is 5.91. The van der Waals surface area contributed by atoms with Crippen LogP contribution in [-0.2, 0) is 0 Å². The normalized spacial score (nSPS) is 13.8. The molecule has 0 aliphatic rings. The third-order valence-corrected chi connectivity index (χ3v) is 3.24. The van der Waals surface area contributed by atoms with Gasteiger partial charge in [-0.15, -0.1) is 11.3 Å². The SMILES string of the molecule is CN=C(NN)NC(C)c1cc(C)sc1C. The lowest BCUT2D eigenvalue weighted by Crippen LogP contribution is -2.42. The maximum absolute atomic E-state index is 5.31. The first kappa shape index (κ1) is 12.0. The van der Waals surface area contributed by atoms with Crippen molar-refractivity contribution in [1.82, 2.24) is 10.7 Å². The van der Waals surface area contributed by atoms with E-state index in [4.69, 9.17) is 5.84 Å². The molecule has 0 aromatic carbocycles. The lowest BCUT2D eigenvalue weighted by Gasteiger charge is -2.16. The Bertz CT molecular complexity index is 356. The number of rotatable bonds is 2. The molecule has 0 spiro atoms. The average Bonchev–Trinajstić information content (AvgIpc) is 2.54. The highest BCUT2D eigenvalue weighted by molar-refractivity contribution is 7.12. The molecule has 0 fully saturated rings. The van der Waals surface area contributed by atoms with E-state index in [1.165, 1.54) is 15.3 Å². The molecule has 1 aromatic heterocycles. The first-order valence-electron chi connectivity index (χ1n) is 4.85. The van der Waals surface area contributed by atoms with Gasteiger partial charge >= 0.3 is 0 Å². The Labute approximate surface area is 94.6 Å². The summed E-state index contributed by atoms with van der Waals surface area (Å²) in [6.07, 6.45) is 0. The van der Waals surface area contributed by atoms with Gasteiger partial charge in [-0.05, 0) is 32.4 Å². The fourth-order valence-corrected chi connectivity index (χ4v) is 2.56. The molecular weight excluding hydrogens is 208 g/mol. The smallest absolute Gasteiger partial charge is 0.205 e. The Morgan fingerprint density at radius 1 is 1.53 bits per heavy atom. The van der Waals surface area contributed by atoms with E-state index in [9.17, 15) is 0 Å². The predicted molar refractivity (Wildman–Crippen MR) is 66.0 cm³/mol. The second-order valence-corrected chi connectivity index (χ2v) is 4.91. The molecule has 1 aromatic rings. The number of thiophene rings is 1. The minimum absolute atomic E-state index is 0.213. The molecule has 15 heavy (non-hydrogen) atoms. The number of hydrazine groups is 1. The molecular formula is C10H18N4S. The summed E-state index contributed by atoms with van der Waals surface area (Å²) >= 11 is 1.81. The van der Waals surface area contributed by atoms with Crippen molar-refractivity contribution in [3.8, 4) is 0 Å². The van der Waals surface area contributed by atoms with Gasteiger partial charge in [-0.3, -0.25) is 10.4 Å². The van der Waals surface area contributed by atoms with Crippen LogP contribution < -0.4 is 16.6 Å². The van der Waals surface area contributed by atoms with Gasteiger partial charge in [0, 0.05) is 16.8 Å². The number of hydrogen-bond acceptors (Lipinski definition) is 3. The van der Waals surface area contributed by atoms with E-state index in [2.05, 4.69) is 42.6 Å². The Balaban J connectivity index is 2.77. The monoisotopic (exact) mass is 226 g/mol. The van der Waals surface area contributed by atoms with Gasteiger partial charge in [0.1, 0.15) is 0 Å². The summed E-state index contributed by atoms with van der Waals surface area (Å²) < 4.78 is 0. The molecule has 0 aliphatic heterocycles. The van der Waals surface area contributed by atoms with Crippen LogP contribution >= 0.6 is 11.3 Å². The Morgan fingerprint density at radius 3 is 2.60 bits per heavy atom. The van der Waals surface area contributed by atoms with Gasteiger partial charge in [0.25, 0.3) is 0 Å². The van der Waals surface area contributed by atoms with Crippen molar-refractivity contribution in [2.75, 3.05) is 7.05 Å². The highest BCUT2D eigenvalue weighted by atomic mass is 32.1. The molecule has 0 bridgehead atoms. The number of hydrogen-bond donors (Lipinski definition) is 3. The lowest BCUT2D eigenvalue weighted by molar-refractivity contribution is 0.690. The third kappa shape index (κ3) is 2.94. The van der Waals surface area contributed by atoms with Gasteiger partial charge in [-0.25, -0.2) is 5.84 Å². The second kappa shape index (κ2) is 5.14. The van der Waals surface area contributed by atoms with Gasteiger partial charge < -0.3 is 5.32 Å². The molecule has 4 N–H and O–H groups in total. The second-order valence-electron chi connectivity index (χ2n) is 3.45. The quantitative estimate of drug-likeness (QED) is 0.310. The van der Waals surface area contributed by atoms with Crippen LogP contribution in [0.3, 0.4) is 0 Å². The molecule has 4 nitrogen and oxygen atoms in total. The highest BCUT2D eigenvalue weighted by Gasteiger charge is 2.11. The minimum atomic E-state index is 0.213. The van der Waals surface area contributed by atoms with E-state index in [-0.39, 0.29) is 6.04 Å². The van der Waals surface area contributed by atoms with Crippen LogP contribution in [0, 0.1) is 13.8 Å². The molecule has 0 radical (unpaired) electrons. The average molecular weight is 226 g/mol. The van der Waals surface area contributed by atoms with Crippen LogP contribution in [0.2, 0.25) is 0 Å². The van der Waals surface area contributed by atoms with Gasteiger partial charge in [0.15, 0.2) is 0 Å². The molecule has 5 heteroatoms. The summed E-state index contributed by atoms with van der Waals surface area (Å²) in [5.41, 5.74) is 3.82. The first-order valence-corrected chi connectivity index (χ1v) is 5.67.